The van der Waals surface area contributed by atoms with Gasteiger partial charge in [-0.25, -0.2) is 9.59 Å². The number of hydrogen-bond acceptors (Lipinski definition) is 4. The molecule has 0 radical (unpaired) electrons. The van der Waals surface area contributed by atoms with Gasteiger partial charge in [0.1, 0.15) is 18.4 Å². The maximum atomic E-state index is 12.3. The number of carbonyl (C=O) groups excluding carboxylic acids is 1. The van der Waals surface area contributed by atoms with Crippen LogP contribution in [0.2, 0.25) is 0 Å². The average molecular weight is 367 g/mol. The van der Waals surface area contributed by atoms with E-state index in [-0.39, 0.29) is 17.9 Å². The zero-order valence-corrected chi connectivity index (χ0v) is 14.8. The Morgan fingerprint density at radius 2 is 1.85 bits per heavy atom. The van der Waals surface area contributed by atoms with E-state index in [1.807, 2.05) is 54.6 Å². The molecule has 1 aliphatic carbocycles. The van der Waals surface area contributed by atoms with Crippen LogP contribution in [0.25, 0.3) is 0 Å². The zero-order chi connectivity index (χ0) is 18.9. The highest BCUT2D eigenvalue weighted by Gasteiger charge is 2.58. The molecule has 2 aromatic rings. The van der Waals surface area contributed by atoms with Crippen LogP contribution in [0.1, 0.15) is 29.9 Å². The lowest BCUT2D eigenvalue weighted by Gasteiger charge is -2.37. The molecule has 6 nitrogen and oxygen atoms in total. The summed E-state index contributed by atoms with van der Waals surface area (Å²) in [4.78, 5) is 24.3. The minimum atomic E-state index is -1.07. The molecule has 2 aliphatic rings. The van der Waals surface area contributed by atoms with Gasteiger partial charge >= 0.3 is 12.1 Å². The number of amides is 1. The summed E-state index contributed by atoms with van der Waals surface area (Å²) < 4.78 is 11.1. The topological polar surface area (TPSA) is 84.9 Å². The fourth-order valence-electron chi connectivity index (χ4n) is 3.84. The first kappa shape index (κ1) is 17.4. The summed E-state index contributed by atoms with van der Waals surface area (Å²) in [6.45, 7) is 0.563. The Bertz CT molecular complexity index is 847. The first-order valence-electron chi connectivity index (χ1n) is 9.01. The van der Waals surface area contributed by atoms with Gasteiger partial charge in [-0.1, -0.05) is 48.5 Å². The normalized spacial score (nSPS) is 20.1. The molecule has 140 valence electrons. The molecule has 4 rings (SSSR count). The Hall–Kier alpha value is -3.02. The molecule has 1 amide bonds. The number of fused-ring (bicyclic) bond motifs is 1. The Balaban J connectivity index is 1.52. The fourth-order valence-corrected chi connectivity index (χ4v) is 3.84. The third-order valence-electron chi connectivity index (χ3n) is 5.41. The Morgan fingerprint density at radius 1 is 1.15 bits per heavy atom. The standard InChI is InChI=1S/C21H21NO5/c23-19(24)18(22-20(25)26-12-14-6-2-1-3-7-14)17-15-8-4-5-9-16(15)27-13-21(17)10-11-21/h1-9,17-18H,10-13H2,(H,22,25)(H,23,24). The summed E-state index contributed by atoms with van der Waals surface area (Å²) in [5.41, 5.74) is 1.44. The van der Waals surface area contributed by atoms with Crippen LogP contribution in [0.5, 0.6) is 5.75 Å². The first-order valence-corrected chi connectivity index (χ1v) is 9.01. The number of para-hydroxylation sites is 1. The molecule has 6 heteroatoms. The molecule has 0 bridgehead atoms. The molecular weight excluding hydrogens is 346 g/mol. The van der Waals surface area contributed by atoms with E-state index in [9.17, 15) is 14.7 Å². The Morgan fingerprint density at radius 3 is 2.56 bits per heavy atom. The van der Waals surface area contributed by atoms with Gasteiger partial charge in [-0.15, -0.1) is 0 Å². The average Bonchev–Trinajstić information content (AvgIpc) is 3.45. The number of nitrogens with one attached hydrogen (secondary N) is 1. The van der Waals surface area contributed by atoms with Gasteiger partial charge in [0.15, 0.2) is 0 Å². The number of benzene rings is 2. The van der Waals surface area contributed by atoms with Crippen LogP contribution in [0.15, 0.2) is 54.6 Å². The minimum Gasteiger partial charge on any atom is -0.493 e. The largest absolute Gasteiger partial charge is 0.493 e. The second-order valence-electron chi connectivity index (χ2n) is 7.19. The number of carboxylic acids is 1. The van der Waals surface area contributed by atoms with Gasteiger partial charge in [0, 0.05) is 16.9 Å². The number of hydrogen-bond donors (Lipinski definition) is 2. The molecule has 27 heavy (non-hydrogen) atoms. The zero-order valence-electron chi connectivity index (χ0n) is 14.8. The summed E-state index contributed by atoms with van der Waals surface area (Å²) in [6, 6.07) is 15.6. The van der Waals surface area contributed by atoms with E-state index in [2.05, 4.69) is 5.32 Å². The SMILES string of the molecule is O=C(NC(C(=O)O)C1c2ccccc2OCC12CC2)OCc1ccccc1. The fraction of sp³-hybridized carbons (Fsp3) is 0.333. The highest BCUT2D eigenvalue weighted by Crippen LogP contribution is 2.61. The number of aliphatic carboxylic acids is 1. The second kappa shape index (κ2) is 6.95. The van der Waals surface area contributed by atoms with E-state index in [1.165, 1.54) is 0 Å². The summed E-state index contributed by atoms with van der Waals surface area (Å²) >= 11 is 0. The number of alkyl carbamates (subject to hydrolysis) is 1. The lowest BCUT2D eigenvalue weighted by molar-refractivity contribution is -0.140. The Kier molecular flexibility index (Phi) is 4.48. The molecule has 1 heterocycles. The number of carboxylic acid groups (broad SMARTS) is 1. The molecule has 1 aliphatic heterocycles. The van der Waals surface area contributed by atoms with E-state index >= 15 is 0 Å². The van der Waals surface area contributed by atoms with Crippen molar-refractivity contribution >= 4 is 12.1 Å². The van der Waals surface area contributed by atoms with Crippen LogP contribution in [0.3, 0.4) is 0 Å². The first-order chi connectivity index (χ1) is 13.1. The molecule has 0 aromatic heterocycles. The maximum absolute atomic E-state index is 12.3. The van der Waals surface area contributed by atoms with E-state index in [0.717, 1.165) is 24.0 Å². The van der Waals surface area contributed by atoms with E-state index in [1.54, 1.807) is 0 Å². The maximum Gasteiger partial charge on any atom is 0.408 e. The van der Waals surface area contributed by atoms with Crippen molar-refractivity contribution in [2.24, 2.45) is 5.41 Å². The number of ether oxygens (including phenoxy) is 2. The molecule has 2 N–H and O–H groups in total. The summed E-state index contributed by atoms with van der Waals surface area (Å²) in [6.07, 6.45) is 1.04. The number of rotatable bonds is 5. The van der Waals surface area contributed by atoms with Crippen molar-refractivity contribution in [3.05, 3.63) is 65.7 Å². The lowest BCUT2D eigenvalue weighted by atomic mass is 9.76. The van der Waals surface area contributed by atoms with Crippen molar-refractivity contribution in [3.8, 4) is 5.75 Å². The summed E-state index contributed by atoms with van der Waals surface area (Å²) in [5, 5.41) is 12.4. The van der Waals surface area contributed by atoms with Crippen LogP contribution >= 0.6 is 0 Å². The van der Waals surface area contributed by atoms with E-state index < -0.39 is 18.1 Å². The van der Waals surface area contributed by atoms with Crippen LogP contribution in [0.4, 0.5) is 4.79 Å². The quantitative estimate of drug-likeness (QED) is 0.847. The summed E-state index contributed by atoms with van der Waals surface area (Å²) in [5.74, 6) is -0.727. The van der Waals surface area contributed by atoms with Crippen molar-refractivity contribution in [1.82, 2.24) is 5.32 Å². The van der Waals surface area contributed by atoms with Crippen molar-refractivity contribution in [2.75, 3.05) is 6.61 Å². The van der Waals surface area contributed by atoms with Crippen LogP contribution in [-0.4, -0.2) is 29.8 Å². The predicted octanol–water partition coefficient (Wildman–Crippen LogP) is 3.32. The molecular formula is C21H21NO5. The molecule has 1 fully saturated rings. The predicted molar refractivity (Wildman–Crippen MR) is 97.5 cm³/mol. The van der Waals surface area contributed by atoms with Gasteiger partial charge in [0.2, 0.25) is 0 Å². The lowest BCUT2D eigenvalue weighted by Crippen LogP contribution is -2.49. The Labute approximate surface area is 157 Å². The van der Waals surface area contributed by atoms with Crippen molar-refractivity contribution in [1.29, 1.82) is 0 Å². The van der Waals surface area contributed by atoms with Gasteiger partial charge < -0.3 is 19.9 Å². The van der Waals surface area contributed by atoms with Gasteiger partial charge in [0.05, 0.1) is 6.61 Å². The number of carbonyl (C=O) groups is 2. The summed E-state index contributed by atoms with van der Waals surface area (Å²) in [7, 11) is 0. The van der Waals surface area contributed by atoms with Crippen LogP contribution in [0, 0.1) is 5.41 Å². The monoisotopic (exact) mass is 367 g/mol. The molecule has 1 spiro atoms. The third kappa shape index (κ3) is 3.47. The smallest absolute Gasteiger partial charge is 0.408 e. The highest BCUT2D eigenvalue weighted by atomic mass is 16.5. The second-order valence-corrected chi connectivity index (χ2v) is 7.19. The van der Waals surface area contributed by atoms with Crippen molar-refractivity contribution in [2.45, 2.75) is 31.4 Å². The van der Waals surface area contributed by atoms with E-state index in [4.69, 9.17) is 9.47 Å². The molecule has 1 saturated carbocycles. The van der Waals surface area contributed by atoms with Crippen molar-refractivity contribution < 1.29 is 24.2 Å². The van der Waals surface area contributed by atoms with Gasteiger partial charge in [-0.2, -0.15) is 0 Å². The molecule has 2 atom stereocenters. The highest BCUT2D eigenvalue weighted by molar-refractivity contribution is 5.81. The third-order valence-corrected chi connectivity index (χ3v) is 5.41. The molecule has 2 unspecified atom stereocenters. The molecule has 2 aromatic carbocycles. The van der Waals surface area contributed by atoms with E-state index in [0.29, 0.717) is 12.4 Å². The van der Waals surface area contributed by atoms with Crippen molar-refractivity contribution in [3.63, 3.8) is 0 Å². The minimum absolute atomic E-state index is 0.0918. The molecule has 0 saturated heterocycles. The van der Waals surface area contributed by atoms with Crippen LogP contribution < -0.4 is 10.1 Å². The van der Waals surface area contributed by atoms with Gasteiger partial charge in [-0.05, 0) is 24.5 Å². The van der Waals surface area contributed by atoms with Gasteiger partial charge in [0.25, 0.3) is 0 Å². The van der Waals surface area contributed by atoms with Gasteiger partial charge in [-0.3, -0.25) is 0 Å². The van der Waals surface area contributed by atoms with Crippen LogP contribution in [-0.2, 0) is 16.1 Å².